The third-order valence-electron chi connectivity index (χ3n) is 10.2. The van der Waals surface area contributed by atoms with Gasteiger partial charge in [-0.2, -0.15) is 0 Å². The van der Waals surface area contributed by atoms with Crippen molar-refractivity contribution in [1.82, 2.24) is 19.7 Å². The molecule has 226 valence electrons. The van der Waals surface area contributed by atoms with Crippen LogP contribution in [0.4, 0.5) is 4.79 Å². The number of benzene rings is 1. The summed E-state index contributed by atoms with van der Waals surface area (Å²) in [6, 6.07) is 6.18. The Morgan fingerprint density at radius 1 is 0.857 bits per heavy atom. The van der Waals surface area contributed by atoms with Crippen LogP contribution in [0.25, 0.3) is 0 Å². The van der Waals surface area contributed by atoms with Crippen LogP contribution in [0.15, 0.2) is 33.3 Å². The predicted octanol–water partition coefficient (Wildman–Crippen LogP) is 6.58. The molecule has 42 heavy (non-hydrogen) atoms. The van der Waals surface area contributed by atoms with Gasteiger partial charge in [-0.3, -0.25) is 14.7 Å². The number of pyridine rings is 1. The molecule has 0 saturated carbocycles. The van der Waals surface area contributed by atoms with Crippen LogP contribution in [0.2, 0.25) is 5.02 Å². The molecule has 2 aromatic rings. The molecule has 0 spiro atoms. The first-order valence-electron chi connectivity index (χ1n) is 15.4. The fraction of sp³-hybridized carbons (Fsp3) is 0.594. The number of aromatic nitrogens is 1. The van der Waals surface area contributed by atoms with Crippen LogP contribution in [0.1, 0.15) is 73.4 Å². The van der Waals surface area contributed by atoms with Crippen molar-refractivity contribution in [3.05, 3.63) is 60.7 Å². The number of amides is 3. The van der Waals surface area contributed by atoms with E-state index < -0.39 is 0 Å². The van der Waals surface area contributed by atoms with Gasteiger partial charge in [-0.1, -0.05) is 27.5 Å². The molecule has 4 aliphatic rings. The third kappa shape index (κ3) is 6.54. The molecular formula is C32H40Br2ClN5O2. The number of aryl methyl sites for hydroxylation is 2. The van der Waals surface area contributed by atoms with E-state index in [-0.39, 0.29) is 18.0 Å². The maximum absolute atomic E-state index is 13.1. The summed E-state index contributed by atoms with van der Waals surface area (Å²) in [7, 11) is 0. The monoisotopic (exact) mass is 719 g/mol. The molecule has 2 N–H and O–H groups in total. The van der Waals surface area contributed by atoms with Crippen molar-refractivity contribution < 1.29 is 9.59 Å². The number of hydrogen-bond donors (Lipinski definition) is 1. The highest BCUT2D eigenvalue weighted by molar-refractivity contribution is 9.10. The lowest BCUT2D eigenvalue weighted by molar-refractivity contribution is -0.134. The van der Waals surface area contributed by atoms with E-state index in [1.54, 1.807) is 4.90 Å². The molecule has 10 heteroatoms. The van der Waals surface area contributed by atoms with Crippen LogP contribution in [0.5, 0.6) is 0 Å². The van der Waals surface area contributed by atoms with Gasteiger partial charge in [-0.05, 0) is 133 Å². The van der Waals surface area contributed by atoms with Gasteiger partial charge >= 0.3 is 6.03 Å². The van der Waals surface area contributed by atoms with E-state index in [9.17, 15) is 9.59 Å². The first kappa shape index (κ1) is 30.4. The standard InChI is InChI=1S/C32H40Br2ClN5O2/c33-25-16-24-2-1-23-17-26(35)18-27(34)29(23)31(30(24)37-19-25)39-13-7-22(8-14-39)21-5-11-38(12-6-21)28(41)15-20-3-9-40(10-4-20)32(36)42/h16-22,31H,1-15H2,(H2,36,42). The molecule has 3 saturated heterocycles. The summed E-state index contributed by atoms with van der Waals surface area (Å²) in [5, 5.41) is 0.775. The Hall–Kier alpha value is -1.68. The van der Waals surface area contributed by atoms with Gasteiger partial charge in [0, 0.05) is 52.8 Å². The lowest BCUT2D eigenvalue weighted by atomic mass is 9.78. The van der Waals surface area contributed by atoms with Gasteiger partial charge in [0.15, 0.2) is 0 Å². The first-order chi connectivity index (χ1) is 20.3. The lowest BCUT2D eigenvalue weighted by Crippen LogP contribution is -2.45. The van der Waals surface area contributed by atoms with Crippen LogP contribution in [0.3, 0.4) is 0 Å². The van der Waals surface area contributed by atoms with Crippen LogP contribution < -0.4 is 5.73 Å². The molecule has 0 radical (unpaired) electrons. The van der Waals surface area contributed by atoms with Crippen molar-refractivity contribution in [3.8, 4) is 0 Å². The summed E-state index contributed by atoms with van der Waals surface area (Å²) in [6.07, 6.45) is 10.8. The number of carbonyl (C=O) groups excluding carboxylic acids is 2. The quantitative estimate of drug-likeness (QED) is 0.387. The van der Waals surface area contributed by atoms with Gasteiger partial charge in [-0.25, -0.2) is 4.79 Å². The number of hydrogen-bond acceptors (Lipinski definition) is 4. The molecule has 0 bridgehead atoms. The van der Waals surface area contributed by atoms with Crippen LogP contribution in [-0.2, 0) is 17.6 Å². The topological polar surface area (TPSA) is 82.8 Å². The SMILES string of the molecule is NC(=O)N1CCC(CC(=O)N2CCC(C3CCN(C4c5ncc(Br)cc5CCc5cc(Cl)cc(Br)c54)CC3)CC2)CC1. The third-order valence-corrected chi connectivity index (χ3v) is 11.5. The smallest absolute Gasteiger partial charge is 0.314 e. The van der Waals surface area contributed by atoms with E-state index in [4.69, 9.17) is 22.3 Å². The molecule has 3 amide bonds. The highest BCUT2D eigenvalue weighted by Crippen LogP contribution is 2.44. The van der Waals surface area contributed by atoms with Gasteiger partial charge in [0.25, 0.3) is 0 Å². The van der Waals surface area contributed by atoms with E-state index in [1.807, 2.05) is 12.3 Å². The van der Waals surface area contributed by atoms with E-state index in [1.165, 1.54) is 35.2 Å². The molecule has 3 fully saturated rings. The van der Waals surface area contributed by atoms with Gasteiger partial charge in [-0.15, -0.1) is 0 Å². The van der Waals surface area contributed by atoms with Crippen molar-refractivity contribution in [1.29, 1.82) is 0 Å². The zero-order valence-electron chi connectivity index (χ0n) is 24.0. The second-order valence-corrected chi connectivity index (χ2v) is 14.8. The highest BCUT2D eigenvalue weighted by Gasteiger charge is 2.37. The molecule has 1 unspecified atom stereocenters. The summed E-state index contributed by atoms with van der Waals surface area (Å²) >= 11 is 14.0. The number of nitrogens with zero attached hydrogens (tertiary/aromatic N) is 4. The minimum atomic E-state index is -0.348. The Labute approximate surface area is 270 Å². The molecule has 1 aromatic heterocycles. The maximum Gasteiger partial charge on any atom is 0.314 e. The van der Waals surface area contributed by atoms with E-state index in [2.05, 4.69) is 53.8 Å². The molecule has 7 nitrogen and oxygen atoms in total. The molecule has 1 aromatic carbocycles. The normalized spacial score (nSPS) is 22.9. The van der Waals surface area contributed by atoms with Crippen LogP contribution in [-0.4, -0.2) is 70.9 Å². The number of rotatable bonds is 4. The van der Waals surface area contributed by atoms with Crippen LogP contribution in [0, 0.1) is 17.8 Å². The zero-order chi connectivity index (χ0) is 29.4. The van der Waals surface area contributed by atoms with Gasteiger partial charge < -0.3 is 15.5 Å². The maximum atomic E-state index is 13.1. The number of piperidine rings is 3. The summed E-state index contributed by atoms with van der Waals surface area (Å²) in [6.45, 7) is 5.18. The minimum absolute atomic E-state index is 0.118. The largest absolute Gasteiger partial charge is 0.351 e. The number of primary amides is 1. The number of likely N-dealkylation sites (tertiary alicyclic amines) is 3. The molecular weight excluding hydrogens is 682 g/mol. The Bertz CT molecular complexity index is 1320. The van der Waals surface area contributed by atoms with Crippen molar-refractivity contribution in [3.63, 3.8) is 0 Å². The van der Waals surface area contributed by atoms with Crippen molar-refractivity contribution in [2.24, 2.45) is 23.5 Å². The van der Waals surface area contributed by atoms with Crippen molar-refractivity contribution in [2.75, 3.05) is 39.3 Å². The lowest BCUT2D eigenvalue weighted by Gasteiger charge is -2.43. The molecule has 6 rings (SSSR count). The fourth-order valence-corrected chi connectivity index (χ4v) is 9.32. The van der Waals surface area contributed by atoms with E-state index >= 15 is 0 Å². The summed E-state index contributed by atoms with van der Waals surface area (Å²) < 4.78 is 2.10. The zero-order valence-corrected chi connectivity index (χ0v) is 28.0. The highest BCUT2D eigenvalue weighted by atomic mass is 79.9. The van der Waals surface area contributed by atoms with Crippen LogP contribution >= 0.6 is 43.5 Å². The molecule has 3 aliphatic heterocycles. The number of fused-ring (bicyclic) bond motifs is 2. The molecule has 4 heterocycles. The van der Waals surface area contributed by atoms with Gasteiger partial charge in [0.1, 0.15) is 0 Å². The summed E-state index contributed by atoms with van der Waals surface area (Å²) in [5.41, 5.74) is 10.5. The van der Waals surface area contributed by atoms with Crippen molar-refractivity contribution in [2.45, 2.75) is 63.8 Å². The Kier molecular flexibility index (Phi) is 9.49. The number of halogens is 3. The predicted molar refractivity (Wildman–Crippen MR) is 172 cm³/mol. The minimum Gasteiger partial charge on any atom is -0.351 e. The average Bonchev–Trinajstić information content (AvgIpc) is 3.14. The first-order valence-corrected chi connectivity index (χ1v) is 17.4. The van der Waals surface area contributed by atoms with E-state index in [0.717, 1.165) is 78.7 Å². The Morgan fingerprint density at radius 2 is 1.48 bits per heavy atom. The molecule has 1 atom stereocenters. The second-order valence-electron chi connectivity index (χ2n) is 12.6. The number of carbonyl (C=O) groups is 2. The number of nitrogens with two attached hydrogens (primary N) is 1. The summed E-state index contributed by atoms with van der Waals surface area (Å²) in [4.78, 5) is 35.9. The second kappa shape index (κ2) is 13.1. The Balaban J connectivity index is 1.06. The number of urea groups is 1. The summed E-state index contributed by atoms with van der Waals surface area (Å²) in [5.74, 6) is 2.04. The van der Waals surface area contributed by atoms with Crippen molar-refractivity contribution >= 4 is 55.4 Å². The van der Waals surface area contributed by atoms with E-state index in [0.29, 0.717) is 37.3 Å². The van der Waals surface area contributed by atoms with Gasteiger partial charge in [0.2, 0.25) is 5.91 Å². The Morgan fingerprint density at radius 3 is 2.14 bits per heavy atom. The van der Waals surface area contributed by atoms with Gasteiger partial charge in [0.05, 0.1) is 11.7 Å². The molecule has 1 aliphatic carbocycles. The average molecular weight is 722 g/mol. The fourth-order valence-electron chi connectivity index (χ4n) is 7.85.